The number of thiazole rings is 1. The van der Waals surface area contributed by atoms with Crippen molar-refractivity contribution in [1.82, 2.24) is 4.98 Å². The second-order valence-corrected chi connectivity index (χ2v) is 6.82. The molecule has 0 radical (unpaired) electrons. The van der Waals surface area contributed by atoms with Crippen molar-refractivity contribution < 1.29 is 9.84 Å². The van der Waals surface area contributed by atoms with Crippen LogP contribution in [0, 0.1) is 25.2 Å². The molecule has 0 bridgehead atoms. The van der Waals surface area contributed by atoms with Gasteiger partial charge in [-0.05, 0) is 43.2 Å². The molecule has 2 aromatic carbocycles. The maximum absolute atomic E-state index is 9.90. The third-order valence-electron chi connectivity index (χ3n) is 4.03. The summed E-state index contributed by atoms with van der Waals surface area (Å²) in [5.41, 5.74) is 5.46. The van der Waals surface area contributed by atoms with E-state index in [1.54, 1.807) is 24.3 Å². The van der Waals surface area contributed by atoms with E-state index in [1.807, 2.05) is 5.38 Å². The van der Waals surface area contributed by atoms with Crippen molar-refractivity contribution in [2.24, 2.45) is 0 Å². The summed E-state index contributed by atoms with van der Waals surface area (Å²) in [5, 5.41) is 22.1. The molecule has 26 heavy (non-hydrogen) atoms. The van der Waals surface area contributed by atoms with Gasteiger partial charge in [-0.15, -0.1) is 11.3 Å². The van der Waals surface area contributed by atoms with Gasteiger partial charge in [-0.2, -0.15) is 5.26 Å². The highest BCUT2D eigenvalue weighted by molar-refractivity contribution is 7.11. The first-order valence-corrected chi connectivity index (χ1v) is 8.92. The monoisotopic (exact) mass is 362 g/mol. The van der Waals surface area contributed by atoms with E-state index in [-0.39, 0.29) is 5.75 Å². The zero-order chi connectivity index (χ0) is 18.7. The lowest BCUT2D eigenvalue weighted by Crippen LogP contribution is -1.87. The van der Waals surface area contributed by atoms with Crippen molar-refractivity contribution >= 4 is 23.0 Å². The van der Waals surface area contributed by atoms with E-state index in [4.69, 9.17) is 4.74 Å². The predicted octanol–water partition coefficient (Wildman–Crippen LogP) is 5.21. The average Bonchev–Trinajstić information content (AvgIpc) is 3.09. The van der Waals surface area contributed by atoms with Gasteiger partial charge < -0.3 is 9.84 Å². The van der Waals surface area contributed by atoms with E-state index in [1.165, 1.54) is 24.0 Å². The minimum atomic E-state index is 0.0358. The highest BCUT2D eigenvalue weighted by Crippen LogP contribution is 2.31. The molecule has 4 nitrogen and oxygen atoms in total. The molecule has 0 aliphatic heterocycles. The first-order chi connectivity index (χ1) is 12.5. The van der Waals surface area contributed by atoms with Gasteiger partial charge in [0.15, 0.2) is 11.5 Å². The molecule has 5 heteroatoms. The van der Waals surface area contributed by atoms with Crippen LogP contribution in [0.3, 0.4) is 0 Å². The fourth-order valence-corrected chi connectivity index (χ4v) is 3.51. The number of aryl methyl sites for hydroxylation is 2. The Morgan fingerprint density at radius 3 is 2.69 bits per heavy atom. The fraction of sp³-hybridized carbons (Fsp3) is 0.143. The first kappa shape index (κ1) is 17.7. The number of phenols is 1. The number of aromatic nitrogens is 1. The second-order valence-electron chi connectivity index (χ2n) is 5.96. The molecule has 130 valence electrons. The highest BCUT2D eigenvalue weighted by Gasteiger charge is 2.11. The minimum absolute atomic E-state index is 0.0358. The zero-order valence-corrected chi connectivity index (χ0v) is 15.6. The van der Waals surface area contributed by atoms with Gasteiger partial charge in [0, 0.05) is 10.9 Å². The standard InChI is InChI=1S/C21H18N2O2S/c1-13-4-6-17(14(2)8-13)18-12-26-21(23-18)16(11-22)9-15-5-7-20(25-3)19(24)10-15/h4-10,12,24H,1-3H3/b16-9+. The highest BCUT2D eigenvalue weighted by atomic mass is 32.1. The van der Waals surface area contributed by atoms with E-state index >= 15 is 0 Å². The van der Waals surface area contributed by atoms with E-state index in [0.29, 0.717) is 21.9 Å². The third-order valence-corrected chi connectivity index (χ3v) is 4.90. The van der Waals surface area contributed by atoms with Crippen LogP contribution in [-0.4, -0.2) is 17.2 Å². The molecule has 1 heterocycles. The Balaban J connectivity index is 1.96. The van der Waals surface area contributed by atoms with Gasteiger partial charge in [0.1, 0.15) is 11.1 Å². The molecule has 3 aromatic rings. The van der Waals surface area contributed by atoms with Gasteiger partial charge in [0.2, 0.25) is 0 Å². The van der Waals surface area contributed by atoms with Gasteiger partial charge in [0.25, 0.3) is 0 Å². The number of phenolic OH excluding ortho intramolecular Hbond substituents is 1. The Morgan fingerprint density at radius 2 is 2.04 bits per heavy atom. The van der Waals surface area contributed by atoms with Crippen LogP contribution in [0.25, 0.3) is 22.9 Å². The summed E-state index contributed by atoms with van der Waals surface area (Å²) >= 11 is 1.43. The number of benzene rings is 2. The third kappa shape index (κ3) is 3.61. The van der Waals surface area contributed by atoms with Gasteiger partial charge in [0.05, 0.1) is 18.4 Å². The predicted molar refractivity (Wildman–Crippen MR) is 105 cm³/mol. The quantitative estimate of drug-likeness (QED) is 0.647. The SMILES string of the molecule is COc1ccc(/C=C(\C#N)c2nc(-c3ccc(C)cc3C)cs2)cc1O. The molecule has 0 spiro atoms. The van der Waals surface area contributed by atoms with Crippen molar-refractivity contribution in [3.05, 3.63) is 63.5 Å². The smallest absolute Gasteiger partial charge is 0.160 e. The van der Waals surface area contributed by atoms with E-state index in [9.17, 15) is 10.4 Å². The van der Waals surface area contributed by atoms with Crippen LogP contribution in [-0.2, 0) is 0 Å². The maximum Gasteiger partial charge on any atom is 0.160 e. The molecule has 1 aromatic heterocycles. The molecule has 0 aliphatic rings. The summed E-state index contributed by atoms with van der Waals surface area (Å²) in [6, 6.07) is 13.5. The van der Waals surface area contributed by atoms with Gasteiger partial charge >= 0.3 is 0 Å². The van der Waals surface area contributed by atoms with Crippen LogP contribution in [0.15, 0.2) is 41.8 Å². The van der Waals surface area contributed by atoms with Crippen LogP contribution in [0.4, 0.5) is 0 Å². The number of methoxy groups -OCH3 is 1. The number of allylic oxidation sites excluding steroid dienone is 1. The van der Waals surface area contributed by atoms with Crippen molar-refractivity contribution in [2.75, 3.05) is 7.11 Å². The lowest BCUT2D eigenvalue weighted by atomic mass is 10.0. The minimum Gasteiger partial charge on any atom is -0.504 e. The average molecular weight is 362 g/mol. The Bertz CT molecular complexity index is 1030. The molecule has 0 saturated carbocycles. The number of ether oxygens (including phenoxy) is 1. The summed E-state index contributed by atoms with van der Waals surface area (Å²) in [4.78, 5) is 4.64. The van der Waals surface area contributed by atoms with E-state index < -0.39 is 0 Å². The number of hydrogen-bond donors (Lipinski definition) is 1. The van der Waals surface area contributed by atoms with Crippen molar-refractivity contribution in [3.63, 3.8) is 0 Å². The van der Waals surface area contributed by atoms with Crippen LogP contribution < -0.4 is 4.74 Å². The Hall–Kier alpha value is -3.10. The van der Waals surface area contributed by atoms with Crippen LogP contribution in [0.1, 0.15) is 21.7 Å². The molecule has 3 rings (SSSR count). The maximum atomic E-state index is 9.90. The summed E-state index contributed by atoms with van der Waals surface area (Å²) < 4.78 is 5.04. The topological polar surface area (TPSA) is 66.1 Å². The van der Waals surface area contributed by atoms with E-state index in [2.05, 4.69) is 43.1 Å². The van der Waals surface area contributed by atoms with Crippen molar-refractivity contribution in [2.45, 2.75) is 13.8 Å². The molecule has 1 N–H and O–H groups in total. The summed E-state index contributed by atoms with van der Waals surface area (Å²) in [6.07, 6.45) is 1.71. The lowest BCUT2D eigenvalue weighted by molar-refractivity contribution is 0.373. The summed E-state index contributed by atoms with van der Waals surface area (Å²) in [5.74, 6) is 0.431. The number of hydrogen-bond acceptors (Lipinski definition) is 5. The molecule has 0 unspecified atom stereocenters. The van der Waals surface area contributed by atoms with Crippen LogP contribution >= 0.6 is 11.3 Å². The normalized spacial score (nSPS) is 11.2. The number of nitriles is 1. The molecule has 0 atom stereocenters. The molecule has 0 aliphatic carbocycles. The largest absolute Gasteiger partial charge is 0.504 e. The first-order valence-electron chi connectivity index (χ1n) is 8.04. The van der Waals surface area contributed by atoms with Gasteiger partial charge in [-0.3, -0.25) is 0 Å². The van der Waals surface area contributed by atoms with E-state index in [0.717, 1.165) is 16.8 Å². The number of nitrogens with zero attached hydrogens (tertiary/aromatic N) is 2. The fourth-order valence-electron chi connectivity index (χ4n) is 2.73. The summed E-state index contributed by atoms with van der Waals surface area (Å²) in [6.45, 7) is 4.12. The molecule has 0 fully saturated rings. The van der Waals surface area contributed by atoms with Crippen molar-refractivity contribution in [3.8, 4) is 28.8 Å². The van der Waals surface area contributed by atoms with Crippen LogP contribution in [0.2, 0.25) is 0 Å². The summed E-state index contributed by atoms with van der Waals surface area (Å²) in [7, 11) is 1.50. The number of rotatable bonds is 4. The number of aromatic hydroxyl groups is 1. The Labute approximate surface area is 156 Å². The lowest BCUT2D eigenvalue weighted by Gasteiger charge is -2.04. The van der Waals surface area contributed by atoms with Crippen LogP contribution in [0.5, 0.6) is 11.5 Å². The van der Waals surface area contributed by atoms with Gasteiger partial charge in [-0.25, -0.2) is 4.98 Å². The molecular formula is C21H18N2O2S. The molecule has 0 saturated heterocycles. The Kier molecular flexibility index (Phi) is 5.06. The molecule has 0 amide bonds. The van der Waals surface area contributed by atoms with Crippen molar-refractivity contribution in [1.29, 1.82) is 5.26 Å². The Morgan fingerprint density at radius 1 is 1.23 bits per heavy atom. The zero-order valence-electron chi connectivity index (χ0n) is 14.8. The second kappa shape index (κ2) is 7.42. The molecular weight excluding hydrogens is 344 g/mol. The van der Waals surface area contributed by atoms with Gasteiger partial charge in [-0.1, -0.05) is 29.8 Å².